The zero-order valence-electron chi connectivity index (χ0n) is 12.2. The molecule has 2 heteroatoms. The van der Waals surface area contributed by atoms with Crippen molar-refractivity contribution in [3.63, 3.8) is 0 Å². The number of aliphatic hydroxyl groups is 2. The molecule has 0 aliphatic rings. The number of rotatable bonds is 6. The monoisotopic (exact) mass is 244 g/mol. The van der Waals surface area contributed by atoms with Gasteiger partial charge in [-0.25, -0.2) is 0 Å². The molecule has 17 heavy (non-hydrogen) atoms. The maximum Gasteiger partial charge on any atom is 0.0509 e. The molecule has 0 saturated heterocycles. The third kappa shape index (κ3) is 15.4. The predicted molar refractivity (Wildman–Crippen MR) is 78.2 cm³/mol. The summed E-state index contributed by atoms with van der Waals surface area (Å²) >= 11 is 0. The predicted octanol–water partition coefficient (Wildman–Crippen LogP) is 3.94. The Kier molecular flexibility index (Phi) is 22.7. The smallest absolute Gasteiger partial charge is 0.0509 e. The number of unbranched alkanes of at least 4 members (excludes halogenated alkanes) is 1. The minimum absolute atomic E-state index is 0.111. The average Bonchev–Trinajstić information content (AvgIpc) is 2.34. The van der Waals surface area contributed by atoms with Crippen molar-refractivity contribution >= 4 is 0 Å². The van der Waals surface area contributed by atoms with Crippen LogP contribution in [0.1, 0.15) is 53.4 Å². The van der Waals surface area contributed by atoms with Crippen molar-refractivity contribution in [3.05, 3.63) is 25.3 Å². The van der Waals surface area contributed by atoms with Crippen molar-refractivity contribution in [2.24, 2.45) is 5.41 Å². The van der Waals surface area contributed by atoms with E-state index < -0.39 is 0 Å². The van der Waals surface area contributed by atoms with Gasteiger partial charge in [0, 0.05) is 5.41 Å². The molecule has 0 aromatic carbocycles. The van der Waals surface area contributed by atoms with Gasteiger partial charge in [0.1, 0.15) is 0 Å². The summed E-state index contributed by atoms with van der Waals surface area (Å²) in [5.74, 6) is 0. The largest absolute Gasteiger partial charge is 0.396 e. The zero-order valence-corrected chi connectivity index (χ0v) is 12.2. The quantitative estimate of drug-likeness (QED) is 0.695. The van der Waals surface area contributed by atoms with Crippen LogP contribution in [0.2, 0.25) is 0 Å². The molecule has 0 aromatic rings. The summed E-state index contributed by atoms with van der Waals surface area (Å²) in [5.41, 5.74) is -0.212. The number of allylic oxidation sites excluding steroid dienone is 2. The minimum atomic E-state index is -0.212. The maximum absolute atomic E-state index is 9.04. The van der Waals surface area contributed by atoms with Crippen molar-refractivity contribution in [2.75, 3.05) is 13.2 Å². The van der Waals surface area contributed by atoms with Gasteiger partial charge in [0.25, 0.3) is 0 Å². The molecule has 0 amide bonds. The molecular weight excluding hydrogens is 212 g/mol. The highest BCUT2D eigenvalue weighted by Gasteiger charge is 2.25. The molecule has 0 bridgehead atoms. The first kappa shape index (κ1) is 21.7. The Morgan fingerprint density at radius 2 is 1.35 bits per heavy atom. The van der Waals surface area contributed by atoms with Crippen LogP contribution in [0.3, 0.4) is 0 Å². The van der Waals surface area contributed by atoms with Crippen LogP contribution in [-0.4, -0.2) is 23.4 Å². The van der Waals surface area contributed by atoms with Crippen LogP contribution in [0, 0.1) is 5.41 Å². The summed E-state index contributed by atoms with van der Waals surface area (Å²) in [5, 5.41) is 18.1. The summed E-state index contributed by atoms with van der Waals surface area (Å²) in [6.45, 7) is 14.9. The Hall–Kier alpha value is -0.600. The first-order chi connectivity index (χ1) is 8.07. The first-order valence-corrected chi connectivity index (χ1v) is 6.43. The molecule has 0 radical (unpaired) electrons. The minimum Gasteiger partial charge on any atom is -0.396 e. The Morgan fingerprint density at radius 1 is 1.00 bits per heavy atom. The van der Waals surface area contributed by atoms with E-state index in [1.165, 1.54) is 0 Å². The molecule has 0 unspecified atom stereocenters. The number of hydrogen-bond acceptors (Lipinski definition) is 2. The summed E-state index contributed by atoms with van der Waals surface area (Å²) in [6, 6.07) is 0. The second kappa shape index (κ2) is 17.8. The van der Waals surface area contributed by atoms with Crippen LogP contribution in [0.5, 0.6) is 0 Å². The molecule has 0 fully saturated rings. The second-order valence-electron chi connectivity index (χ2n) is 4.09. The van der Waals surface area contributed by atoms with Gasteiger partial charge in [-0.05, 0) is 26.7 Å². The van der Waals surface area contributed by atoms with Gasteiger partial charge in [-0.2, -0.15) is 0 Å². The highest BCUT2D eigenvalue weighted by Crippen LogP contribution is 2.27. The molecule has 0 saturated carbocycles. The lowest BCUT2D eigenvalue weighted by molar-refractivity contribution is 0.0420. The maximum atomic E-state index is 9.04. The van der Waals surface area contributed by atoms with E-state index in [4.69, 9.17) is 10.2 Å². The fourth-order valence-electron chi connectivity index (χ4n) is 1.16. The van der Waals surface area contributed by atoms with Gasteiger partial charge in [-0.1, -0.05) is 38.8 Å². The van der Waals surface area contributed by atoms with Crippen molar-refractivity contribution in [1.82, 2.24) is 0 Å². The number of aliphatic hydroxyl groups excluding tert-OH is 2. The molecule has 0 aliphatic carbocycles. The van der Waals surface area contributed by atoms with Gasteiger partial charge in [0.2, 0.25) is 0 Å². The van der Waals surface area contributed by atoms with Crippen LogP contribution >= 0.6 is 0 Å². The topological polar surface area (TPSA) is 40.5 Å². The zero-order chi connectivity index (χ0) is 14.2. The van der Waals surface area contributed by atoms with Crippen LogP contribution in [-0.2, 0) is 0 Å². The van der Waals surface area contributed by atoms with E-state index in [9.17, 15) is 0 Å². The van der Waals surface area contributed by atoms with Crippen LogP contribution in [0.4, 0.5) is 0 Å². The van der Waals surface area contributed by atoms with E-state index >= 15 is 0 Å². The number of hydrogen-bond donors (Lipinski definition) is 2. The van der Waals surface area contributed by atoms with Crippen molar-refractivity contribution in [2.45, 2.75) is 53.4 Å². The first-order valence-electron chi connectivity index (χ1n) is 6.43. The second-order valence-corrected chi connectivity index (χ2v) is 4.09. The molecule has 0 spiro atoms. The van der Waals surface area contributed by atoms with Crippen LogP contribution < -0.4 is 0 Å². The van der Waals surface area contributed by atoms with E-state index in [0.717, 1.165) is 25.7 Å². The molecule has 2 N–H and O–H groups in total. The van der Waals surface area contributed by atoms with Gasteiger partial charge < -0.3 is 10.2 Å². The molecular formula is C15H32O2. The standard InChI is InChI=1S/C9H20O2.2C3H6/c1-3-5-6-9(4-2,7-10)8-11;2*1-3-2/h10-11H,3-8H2,1-2H3;2*3H,1H2,2H3. The van der Waals surface area contributed by atoms with E-state index in [1.807, 2.05) is 20.8 Å². The third-order valence-corrected chi connectivity index (χ3v) is 2.48. The van der Waals surface area contributed by atoms with Crippen molar-refractivity contribution in [1.29, 1.82) is 0 Å². The summed E-state index contributed by atoms with van der Waals surface area (Å²) in [4.78, 5) is 0. The fraction of sp³-hybridized carbons (Fsp3) is 0.733. The lowest BCUT2D eigenvalue weighted by Gasteiger charge is -2.27. The van der Waals surface area contributed by atoms with E-state index in [-0.39, 0.29) is 18.6 Å². The molecule has 0 aliphatic heterocycles. The lowest BCUT2D eigenvalue weighted by atomic mass is 9.82. The molecule has 104 valence electrons. The van der Waals surface area contributed by atoms with Gasteiger partial charge >= 0.3 is 0 Å². The van der Waals surface area contributed by atoms with E-state index in [0.29, 0.717) is 0 Å². The lowest BCUT2D eigenvalue weighted by Crippen LogP contribution is -2.28. The normalized spacial score (nSPS) is 9.29. The highest BCUT2D eigenvalue weighted by atomic mass is 16.3. The van der Waals surface area contributed by atoms with Crippen molar-refractivity contribution < 1.29 is 10.2 Å². The summed E-state index contributed by atoms with van der Waals surface area (Å²) < 4.78 is 0. The molecule has 0 aromatic heterocycles. The third-order valence-electron chi connectivity index (χ3n) is 2.48. The Balaban J connectivity index is -0.000000273. The molecule has 0 heterocycles. The summed E-state index contributed by atoms with van der Waals surface area (Å²) in [6.07, 6.45) is 7.52. The van der Waals surface area contributed by atoms with E-state index in [2.05, 4.69) is 20.1 Å². The van der Waals surface area contributed by atoms with Gasteiger partial charge in [0.15, 0.2) is 0 Å². The molecule has 0 rings (SSSR count). The van der Waals surface area contributed by atoms with Gasteiger partial charge in [0.05, 0.1) is 13.2 Å². The molecule has 0 atom stereocenters. The van der Waals surface area contributed by atoms with Crippen molar-refractivity contribution in [3.8, 4) is 0 Å². The average molecular weight is 244 g/mol. The van der Waals surface area contributed by atoms with Gasteiger partial charge in [-0.15, -0.1) is 13.2 Å². The Morgan fingerprint density at radius 3 is 1.53 bits per heavy atom. The Bertz CT molecular complexity index is 135. The fourth-order valence-corrected chi connectivity index (χ4v) is 1.16. The Labute approximate surface area is 108 Å². The highest BCUT2D eigenvalue weighted by molar-refractivity contribution is 4.75. The van der Waals surface area contributed by atoms with Gasteiger partial charge in [-0.3, -0.25) is 0 Å². The van der Waals surface area contributed by atoms with Crippen LogP contribution in [0.15, 0.2) is 25.3 Å². The van der Waals surface area contributed by atoms with E-state index in [1.54, 1.807) is 12.2 Å². The summed E-state index contributed by atoms with van der Waals surface area (Å²) in [7, 11) is 0. The van der Waals surface area contributed by atoms with Crippen LogP contribution in [0.25, 0.3) is 0 Å². The SMILES string of the molecule is C=CC.C=CC.CCCCC(CC)(CO)CO. The molecule has 2 nitrogen and oxygen atoms in total.